The fourth-order valence-corrected chi connectivity index (χ4v) is 7.11. The lowest BCUT2D eigenvalue weighted by Gasteiger charge is -2.33. The highest BCUT2D eigenvalue weighted by molar-refractivity contribution is 6.86. The molecular weight excluding hydrogens is 613 g/mol. The number of hydrogen-bond donors (Lipinski definition) is 1. The van der Waals surface area contributed by atoms with E-state index < -0.39 is 0 Å². The van der Waals surface area contributed by atoms with Crippen molar-refractivity contribution in [3.05, 3.63) is 151 Å². The van der Waals surface area contributed by atoms with Gasteiger partial charge in [0.2, 0.25) is 0 Å². The van der Waals surface area contributed by atoms with E-state index >= 15 is 0 Å². The van der Waals surface area contributed by atoms with Crippen LogP contribution in [0.1, 0.15) is 50.7 Å². The number of imidazole rings is 1. The molecule has 2 aromatic heterocycles. The number of rotatable bonds is 7. The van der Waals surface area contributed by atoms with Crippen molar-refractivity contribution >= 4 is 29.6 Å². The molecule has 0 saturated carbocycles. The van der Waals surface area contributed by atoms with Gasteiger partial charge in [0, 0.05) is 6.20 Å². The smallest absolute Gasteiger partial charge is 0.354 e. The van der Waals surface area contributed by atoms with Gasteiger partial charge in [-0.05, 0) is 99.9 Å². The van der Waals surface area contributed by atoms with Crippen molar-refractivity contribution in [3.63, 3.8) is 0 Å². The minimum absolute atomic E-state index is 0.174. The number of benzene rings is 4. The highest BCUT2D eigenvalue weighted by Gasteiger charge is 2.40. The van der Waals surface area contributed by atoms with E-state index in [0.717, 1.165) is 39.7 Å². The van der Waals surface area contributed by atoms with E-state index in [1.807, 2.05) is 54.7 Å². The first-order valence-electron chi connectivity index (χ1n) is 17.3. The molecule has 4 heterocycles. The third-order valence-corrected chi connectivity index (χ3v) is 9.56. The summed E-state index contributed by atoms with van der Waals surface area (Å²) >= 11 is 0. The zero-order chi connectivity index (χ0) is 34.4. The summed E-state index contributed by atoms with van der Waals surface area (Å²) in [6, 6.07) is 37.2. The molecule has 0 aliphatic carbocycles. The lowest BCUT2D eigenvalue weighted by Crippen LogP contribution is -2.59. The minimum Gasteiger partial charge on any atom is -0.507 e. The van der Waals surface area contributed by atoms with E-state index in [1.54, 1.807) is 6.07 Å². The van der Waals surface area contributed by atoms with Crippen molar-refractivity contribution in [1.82, 2.24) is 19.3 Å². The summed E-state index contributed by atoms with van der Waals surface area (Å²) in [6.07, 6.45) is 10.0. The average molecular weight is 652 g/mol. The monoisotopic (exact) mass is 651 g/mol. The van der Waals surface area contributed by atoms with Crippen molar-refractivity contribution in [3.8, 4) is 45.2 Å². The number of phenols is 1. The molecule has 244 valence electrons. The van der Waals surface area contributed by atoms with Crippen LogP contribution in [-0.2, 0) is 0 Å². The Kier molecular flexibility index (Phi) is 8.04. The van der Waals surface area contributed by atoms with Gasteiger partial charge in [-0.25, -0.2) is 9.98 Å². The molecule has 0 bridgehead atoms. The van der Waals surface area contributed by atoms with E-state index in [1.165, 1.54) is 22.3 Å². The SMILES string of the molecule is CC(C)c1cc(-c2ccccc2)cc(C(C)C)c1-n1c(-c2ccccc2O)nc2c1N=C1C=CC=CN1B2c1cccc(-c2ccccn2)c1. The first-order valence-corrected chi connectivity index (χ1v) is 17.3. The summed E-state index contributed by atoms with van der Waals surface area (Å²) in [7, 11) is 0. The van der Waals surface area contributed by atoms with E-state index in [2.05, 4.69) is 121 Å². The number of allylic oxidation sites excluding steroid dienone is 2. The van der Waals surface area contributed by atoms with Crippen LogP contribution in [0.5, 0.6) is 5.75 Å². The van der Waals surface area contributed by atoms with Gasteiger partial charge in [0.15, 0.2) is 5.82 Å². The van der Waals surface area contributed by atoms with Crippen molar-refractivity contribution in [2.45, 2.75) is 39.5 Å². The number of fused-ring (bicyclic) bond motifs is 2. The molecule has 0 saturated heterocycles. The van der Waals surface area contributed by atoms with Crippen LogP contribution in [0.25, 0.3) is 39.5 Å². The van der Waals surface area contributed by atoms with Crippen LogP contribution >= 0.6 is 0 Å². The lowest BCUT2D eigenvalue weighted by atomic mass is 9.50. The number of hydrogen-bond acceptors (Lipinski definition) is 5. The Morgan fingerprint density at radius 3 is 2.14 bits per heavy atom. The van der Waals surface area contributed by atoms with Crippen LogP contribution in [-0.4, -0.2) is 37.1 Å². The number of aromatic nitrogens is 3. The highest BCUT2D eigenvalue weighted by atomic mass is 16.3. The summed E-state index contributed by atoms with van der Waals surface area (Å²) in [5.41, 5.74) is 10.3. The number of aromatic hydroxyl groups is 1. The van der Waals surface area contributed by atoms with Gasteiger partial charge in [0.1, 0.15) is 17.4 Å². The largest absolute Gasteiger partial charge is 0.507 e. The Morgan fingerprint density at radius 1 is 0.700 bits per heavy atom. The third kappa shape index (κ3) is 5.45. The topological polar surface area (TPSA) is 66.5 Å². The second kappa shape index (κ2) is 12.8. The van der Waals surface area contributed by atoms with Gasteiger partial charge >= 0.3 is 6.85 Å². The predicted octanol–water partition coefficient (Wildman–Crippen LogP) is 8.76. The molecule has 1 N–H and O–H groups in total. The Hall–Kier alpha value is -5.95. The van der Waals surface area contributed by atoms with E-state index in [0.29, 0.717) is 11.4 Å². The number of pyridine rings is 1. The van der Waals surface area contributed by atoms with Crippen molar-refractivity contribution in [2.75, 3.05) is 0 Å². The number of para-hydroxylation sites is 1. The molecule has 6 aromatic rings. The molecule has 0 atom stereocenters. The van der Waals surface area contributed by atoms with E-state index in [9.17, 15) is 5.11 Å². The number of aliphatic imine (C=N–C) groups is 1. The quantitative estimate of drug-likeness (QED) is 0.175. The summed E-state index contributed by atoms with van der Waals surface area (Å²) in [4.78, 5) is 17.7. The molecule has 2 aliphatic heterocycles. The minimum atomic E-state index is -0.276. The molecule has 0 unspecified atom stereocenters. The van der Waals surface area contributed by atoms with Gasteiger partial charge in [-0.1, -0.05) is 107 Å². The van der Waals surface area contributed by atoms with E-state index in [-0.39, 0.29) is 24.4 Å². The second-order valence-corrected chi connectivity index (χ2v) is 13.5. The van der Waals surface area contributed by atoms with Crippen LogP contribution in [0.4, 0.5) is 5.82 Å². The fourth-order valence-electron chi connectivity index (χ4n) is 7.11. The molecule has 8 rings (SSSR count). The van der Waals surface area contributed by atoms with Gasteiger partial charge in [-0.2, -0.15) is 0 Å². The maximum Gasteiger partial charge on any atom is 0.354 e. The van der Waals surface area contributed by atoms with Crippen LogP contribution < -0.4 is 11.1 Å². The van der Waals surface area contributed by atoms with E-state index in [4.69, 9.17) is 9.98 Å². The van der Waals surface area contributed by atoms with Crippen LogP contribution in [0.2, 0.25) is 0 Å². The molecule has 0 amide bonds. The van der Waals surface area contributed by atoms with Gasteiger partial charge in [0.25, 0.3) is 0 Å². The van der Waals surface area contributed by atoms with Crippen molar-refractivity contribution < 1.29 is 5.11 Å². The average Bonchev–Trinajstić information content (AvgIpc) is 3.52. The van der Waals surface area contributed by atoms with Gasteiger partial charge in [-0.3, -0.25) is 9.55 Å². The molecule has 0 radical (unpaired) electrons. The molecule has 6 nitrogen and oxygen atoms in total. The summed E-state index contributed by atoms with van der Waals surface area (Å²) in [5, 5.41) is 11.4. The summed E-state index contributed by atoms with van der Waals surface area (Å²) < 4.78 is 2.22. The number of phenolic OH excluding ortho intramolecular Hbond substituents is 1. The lowest BCUT2D eigenvalue weighted by molar-refractivity contribution is 0.477. The highest BCUT2D eigenvalue weighted by Crippen LogP contribution is 2.42. The zero-order valence-corrected chi connectivity index (χ0v) is 28.7. The van der Waals surface area contributed by atoms with Crippen molar-refractivity contribution in [2.24, 2.45) is 4.99 Å². The summed E-state index contributed by atoms with van der Waals surface area (Å²) in [5.74, 6) is 2.81. The zero-order valence-electron chi connectivity index (χ0n) is 28.7. The molecule has 0 spiro atoms. The molecule has 2 aliphatic rings. The second-order valence-electron chi connectivity index (χ2n) is 13.5. The van der Waals surface area contributed by atoms with Gasteiger partial charge in [-0.15, -0.1) is 0 Å². The first-order chi connectivity index (χ1) is 24.4. The van der Waals surface area contributed by atoms with Gasteiger partial charge < -0.3 is 9.92 Å². The molecule has 4 aromatic carbocycles. The Morgan fingerprint density at radius 2 is 1.42 bits per heavy atom. The Bertz CT molecular complexity index is 2270. The Labute approximate surface area is 293 Å². The fraction of sp³-hybridized carbons (Fsp3) is 0.140. The maximum atomic E-state index is 11.4. The molecule has 7 heteroatoms. The predicted molar refractivity (Wildman–Crippen MR) is 206 cm³/mol. The molecule has 0 fully saturated rings. The standard InChI is InChI=1S/C43H38BN5O/c1-28(2)35-26-32(30-15-6-5-7-16-30)27-36(29(3)4)40(35)49-42(34-19-8-9-21-38(34)50)47-41-43(49)46-39-22-11-13-24-48(39)44(41)33-18-14-17-31(25-33)37-20-10-12-23-45-37/h5-29,50H,1-4H3. The normalized spacial score (nSPS) is 13.5. The third-order valence-electron chi connectivity index (χ3n) is 9.56. The van der Waals surface area contributed by atoms with Crippen LogP contribution in [0.3, 0.4) is 0 Å². The van der Waals surface area contributed by atoms with Crippen LogP contribution in [0, 0.1) is 0 Å². The first kappa shape index (κ1) is 31.3. The summed E-state index contributed by atoms with van der Waals surface area (Å²) in [6.45, 7) is 8.70. The Balaban J connectivity index is 1.45. The molecular formula is C43H38BN5O. The van der Waals surface area contributed by atoms with Crippen LogP contribution in [0.15, 0.2) is 145 Å². The van der Waals surface area contributed by atoms with Crippen molar-refractivity contribution in [1.29, 1.82) is 0 Å². The van der Waals surface area contributed by atoms with Gasteiger partial charge in [0.05, 0.1) is 22.5 Å². The maximum absolute atomic E-state index is 11.4. The number of amidine groups is 1. The molecule has 50 heavy (non-hydrogen) atoms. The number of nitrogens with zero attached hydrogens (tertiary/aromatic N) is 5.